The van der Waals surface area contributed by atoms with Gasteiger partial charge in [-0.15, -0.1) is 0 Å². The molecular weight excluding hydrogens is 1190 g/mol. The molecule has 3 aromatic heterocycles. The van der Waals surface area contributed by atoms with Crippen LogP contribution in [-0.4, -0.2) is 24.1 Å². The standard InChI is InChI=1S/C90H54N8/c91-55-58-25-31-65(32-26-58)74-23-13-14-24-77(74)90-95-88(72-37-43-75(66-33-27-59(56-92)28-34-66)86(53-72)97-82-45-39-68(61-15-5-1-6-16-61)49-78(82)79-50-69(40-46-83(79)97)62-17-7-2-8-18-62)94-89(96-90)73-38-44-76(67-35-29-60(57-93)30-36-67)87(54-73)98-84-47-41-70(63-19-9-3-10-20-63)51-80(84)81-52-71(42-48-85(81)98)64-21-11-4-12-22-64/h1-54H. The van der Waals surface area contributed by atoms with Gasteiger partial charge >= 0.3 is 0 Å². The molecule has 17 aromatic rings. The fraction of sp³-hybridized carbons (Fsp3) is 0. The van der Waals surface area contributed by atoms with Gasteiger partial charge < -0.3 is 9.13 Å². The van der Waals surface area contributed by atoms with Gasteiger partial charge in [-0.25, -0.2) is 15.0 Å². The van der Waals surface area contributed by atoms with Gasteiger partial charge in [-0.2, -0.15) is 15.8 Å². The highest BCUT2D eigenvalue weighted by atomic mass is 15.0. The minimum atomic E-state index is 0.447. The van der Waals surface area contributed by atoms with Crippen molar-refractivity contribution in [1.82, 2.24) is 24.1 Å². The lowest BCUT2D eigenvalue weighted by molar-refractivity contribution is 1.07. The van der Waals surface area contributed by atoms with Gasteiger partial charge in [-0.3, -0.25) is 0 Å². The number of aromatic nitrogens is 5. The summed E-state index contributed by atoms with van der Waals surface area (Å²) in [4.78, 5) is 16.7. The van der Waals surface area contributed by atoms with Gasteiger partial charge in [-0.1, -0.05) is 231 Å². The summed E-state index contributed by atoms with van der Waals surface area (Å²) < 4.78 is 4.72. The van der Waals surface area contributed by atoms with Crippen LogP contribution in [0.2, 0.25) is 0 Å². The third-order valence-corrected chi connectivity index (χ3v) is 18.7. The summed E-state index contributed by atoms with van der Waals surface area (Å²) in [6, 6.07) is 120. The highest BCUT2D eigenvalue weighted by molar-refractivity contribution is 6.14. The Hall–Kier alpha value is -13.8. The maximum atomic E-state index is 10.1. The lowest BCUT2D eigenvalue weighted by Gasteiger charge is -2.18. The van der Waals surface area contributed by atoms with Crippen LogP contribution < -0.4 is 0 Å². The quantitative estimate of drug-likeness (QED) is 0.120. The molecule has 0 amide bonds. The zero-order valence-electron chi connectivity index (χ0n) is 52.8. The fourth-order valence-electron chi connectivity index (χ4n) is 13.9. The van der Waals surface area contributed by atoms with E-state index in [4.69, 9.17) is 15.0 Å². The lowest BCUT2D eigenvalue weighted by Crippen LogP contribution is -2.04. The normalized spacial score (nSPS) is 11.2. The van der Waals surface area contributed by atoms with Gasteiger partial charge in [0.2, 0.25) is 0 Å². The SMILES string of the molecule is N#Cc1ccc(-c2ccccc2-c2nc(-c3ccc(-c4ccc(C#N)cc4)c(-n4c5ccc(-c6ccccc6)cc5c5cc(-c6ccccc6)ccc54)c3)nc(-c3ccc(-c4ccc(C#N)cc4)c(-n4c5ccc(-c6ccccc6)cc5c5cc(-c6ccccc6)ccc54)c3)n2)cc1. The first kappa shape index (κ1) is 58.0. The number of nitriles is 3. The molecule has 0 saturated carbocycles. The molecule has 454 valence electrons. The van der Waals surface area contributed by atoms with Crippen molar-refractivity contribution in [1.29, 1.82) is 15.8 Å². The van der Waals surface area contributed by atoms with Gasteiger partial charge in [0.15, 0.2) is 17.5 Å². The molecule has 0 aliphatic carbocycles. The van der Waals surface area contributed by atoms with Crippen LogP contribution in [0.1, 0.15) is 16.7 Å². The van der Waals surface area contributed by atoms with Crippen LogP contribution in [0.3, 0.4) is 0 Å². The molecule has 98 heavy (non-hydrogen) atoms. The Morgan fingerprint density at radius 2 is 0.469 bits per heavy atom. The van der Waals surface area contributed by atoms with Gasteiger partial charge in [0, 0.05) is 49.4 Å². The number of nitrogens with zero attached hydrogens (tertiary/aromatic N) is 8. The van der Waals surface area contributed by atoms with Crippen molar-refractivity contribution < 1.29 is 0 Å². The molecule has 0 unspecified atom stereocenters. The third-order valence-electron chi connectivity index (χ3n) is 18.7. The van der Waals surface area contributed by atoms with Crippen LogP contribution in [0.5, 0.6) is 0 Å². The molecule has 8 heteroatoms. The first-order valence-electron chi connectivity index (χ1n) is 32.5. The minimum Gasteiger partial charge on any atom is -0.309 e. The van der Waals surface area contributed by atoms with E-state index >= 15 is 0 Å². The Balaban J connectivity index is 0.923. The number of benzene rings is 14. The largest absolute Gasteiger partial charge is 0.309 e. The van der Waals surface area contributed by atoms with Gasteiger partial charge in [0.05, 0.1) is 68.3 Å². The first-order valence-corrected chi connectivity index (χ1v) is 32.5. The molecule has 14 aromatic carbocycles. The molecule has 3 heterocycles. The van der Waals surface area contributed by atoms with E-state index in [1.165, 1.54) is 0 Å². The Kier molecular flexibility index (Phi) is 14.5. The lowest BCUT2D eigenvalue weighted by atomic mass is 9.97. The summed E-state index contributed by atoms with van der Waals surface area (Å²) in [5.74, 6) is 1.35. The number of hydrogen-bond donors (Lipinski definition) is 0. The van der Waals surface area contributed by atoms with Crippen molar-refractivity contribution in [2.24, 2.45) is 0 Å². The topological polar surface area (TPSA) is 120 Å². The Morgan fingerprint density at radius 3 is 0.786 bits per heavy atom. The second-order valence-electron chi connectivity index (χ2n) is 24.4. The molecule has 0 aliphatic rings. The van der Waals surface area contributed by atoms with Gasteiger partial charge in [0.1, 0.15) is 0 Å². The van der Waals surface area contributed by atoms with Crippen LogP contribution in [-0.2, 0) is 0 Å². The molecule has 0 spiro atoms. The van der Waals surface area contributed by atoms with E-state index in [2.05, 4.69) is 240 Å². The van der Waals surface area contributed by atoms with E-state index < -0.39 is 0 Å². The molecule has 17 rings (SSSR count). The predicted molar refractivity (Wildman–Crippen MR) is 397 cm³/mol. The van der Waals surface area contributed by atoms with Crippen molar-refractivity contribution in [2.75, 3.05) is 0 Å². The predicted octanol–water partition coefficient (Wildman–Crippen LogP) is 22.4. The van der Waals surface area contributed by atoms with Crippen molar-refractivity contribution >= 4 is 43.6 Å². The highest BCUT2D eigenvalue weighted by Gasteiger charge is 2.24. The second-order valence-corrected chi connectivity index (χ2v) is 24.4. The molecule has 0 saturated heterocycles. The molecular formula is C90H54N8. The van der Waals surface area contributed by atoms with Crippen LogP contribution in [0.25, 0.3) is 167 Å². The second kappa shape index (κ2) is 24.6. The summed E-state index contributed by atoms with van der Waals surface area (Å²) >= 11 is 0. The number of rotatable bonds is 12. The Labute approximate surface area is 566 Å². The van der Waals surface area contributed by atoms with Crippen molar-refractivity contribution in [3.8, 4) is 142 Å². The summed E-state index contributed by atoms with van der Waals surface area (Å²) in [6.45, 7) is 0. The molecule has 0 bridgehead atoms. The number of hydrogen-bond acceptors (Lipinski definition) is 6. The van der Waals surface area contributed by atoms with E-state index in [9.17, 15) is 15.8 Å². The zero-order valence-corrected chi connectivity index (χ0v) is 52.8. The van der Waals surface area contributed by atoms with Crippen molar-refractivity contribution in [3.05, 3.63) is 344 Å². The third kappa shape index (κ3) is 10.5. The Morgan fingerprint density at radius 1 is 0.204 bits per heavy atom. The highest BCUT2D eigenvalue weighted by Crippen LogP contribution is 2.45. The van der Waals surface area contributed by atoms with Crippen LogP contribution in [0.4, 0.5) is 0 Å². The van der Waals surface area contributed by atoms with Crippen LogP contribution >= 0.6 is 0 Å². The van der Waals surface area contributed by atoms with Gasteiger partial charge in [-0.05, 0) is 164 Å². The van der Waals surface area contributed by atoms with E-state index in [1.54, 1.807) is 0 Å². The van der Waals surface area contributed by atoms with Crippen LogP contribution in [0, 0.1) is 34.0 Å². The number of fused-ring (bicyclic) bond motifs is 6. The maximum absolute atomic E-state index is 10.1. The fourth-order valence-corrected chi connectivity index (χ4v) is 13.9. The average molecular weight is 1250 g/mol. The summed E-state index contributed by atoms with van der Waals surface area (Å²) in [7, 11) is 0. The molecule has 0 atom stereocenters. The smallest absolute Gasteiger partial charge is 0.164 e. The monoisotopic (exact) mass is 1250 g/mol. The van der Waals surface area contributed by atoms with Crippen molar-refractivity contribution in [3.63, 3.8) is 0 Å². The Bertz CT molecular complexity index is 5580. The first-order chi connectivity index (χ1) is 48.4. The maximum Gasteiger partial charge on any atom is 0.164 e. The van der Waals surface area contributed by atoms with Gasteiger partial charge in [0.25, 0.3) is 0 Å². The molecule has 0 fully saturated rings. The summed E-state index contributed by atoms with van der Waals surface area (Å²) in [6.07, 6.45) is 0. The molecule has 0 N–H and O–H groups in total. The van der Waals surface area contributed by atoms with E-state index in [-0.39, 0.29) is 0 Å². The zero-order chi connectivity index (χ0) is 65.6. The van der Waals surface area contributed by atoms with E-state index in [1.807, 2.05) is 115 Å². The molecule has 0 aliphatic heterocycles. The molecule has 0 radical (unpaired) electrons. The van der Waals surface area contributed by atoms with Crippen molar-refractivity contribution in [2.45, 2.75) is 0 Å². The summed E-state index contributed by atoms with van der Waals surface area (Å²) in [5.41, 5.74) is 24.3. The minimum absolute atomic E-state index is 0.447. The van der Waals surface area contributed by atoms with E-state index in [0.717, 1.165) is 150 Å². The summed E-state index contributed by atoms with van der Waals surface area (Å²) in [5, 5.41) is 34.4. The molecule has 8 nitrogen and oxygen atoms in total. The average Bonchev–Trinajstić information content (AvgIpc) is 1.58. The van der Waals surface area contributed by atoms with Crippen LogP contribution in [0.15, 0.2) is 328 Å². The van der Waals surface area contributed by atoms with E-state index in [0.29, 0.717) is 34.2 Å².